The molecule has 0 saturated heterocycles. The van der Waals surface area contributed by atoms with Crippen LogP contribution in [0.4, 0.5) is 13.2 Å². The van der Waals surface area contributed by atoms with E-state index in [0.717, 1.165) is 50.4 Å². The van der Waals surface area contributed by atoms with E-state index in [1.807, 2.05) is 199 Å². The molecule has 0 spiro atoms. The van der Waals surface area contributed by atoms with Gasteiger partial charge in [-0.25, -0.2) is 8.42 Å². The summed E-state index contributed by atoms with van der Waals surface area (Å²) in [5.74, 6) is 0.458. The quantitative estimate of drug-likeness (QED) is 0.0108. The van der Waals surface area contributed by atoms with Crippen molar-refractivity contribution in [2.24, 2.45) is 21.7 Å². The summed E-state index contributed by atoms with van der Waals surface area (Å²) in [7, 11) is -3.59. The number of allylic oxidation sites excluding steroid dienone is 2. The first-order valence-electron chi connectivity index (χ1n) is 37.3. The van der Waals surface area contributed by atoms with Crippen molar-refractivity contribution in [3.8, 4) is 67.3 Å². The zero-order valence-corrected chi connectivity index (χ0v) is 80.9. The van der Waals surface area contributed by atoms with E-state index in [1.165, 1.54) is 80.3 Å². The van der Waals surface area contributed by atoms with E-state index >= 15 is 0 Å². The fraction of sp³-hybridized carbons (Fsp3) is 0.204. The first-order chi connectivity index (χ1) is 56.0. The zero-order chi connectivity index (χ0) is 87.3. The standard InChI is InChI=1S/C25H17N.C25H16N.2C11H8N.2C11H20O2.CHF3O3S.CH2O3.2CH4O.2Ir.2Na.H/c2*1-2-6-18(7-3-1)19-10-12-21(13-11-19)25-24-15-14-20-8-4-5-9-22(20)23(24)16-17-26-25;2*1-2-6-10(7-3-1)11-8-4-5-9-12-11;2*1-10(2,3)8(12)7-9(13)11(4,5)6;2-1(3,4)8(5,6)7;2-1-4-3;2*1-2;;;;;/h1-17H;1-12,14-17H;2*1-6,8-9H;7H2,1-6H3;7,12H,1-6H3;(H,5,6,7);1,3H;2*2H,1H3;;;;;/q;3*-1;;;;;;;2*-3;2*+1;-1/p+1. The summed E-state index contributed by atoms with van der Waals surface area (Å²) in [6, 6.07) is 103. The molecule has 0 atom stereocenters. The van der Waals surface area contributed by atoms with Crippen LogP contribution >= 0.6 is 0 Å². The van der Waals surface area contributed by atoms with E-state index in [9.17, 15) is 32.7 Å². The number of alkyl halides is 3. The van der Waals surface area contributed by atoms with E-state index in [0.29, 0.717) is 0 Å². The Morgan fingerprint density at radius 2 is 0.795 bits per heavy atom. The first-order valence-corrected chi connectivity index (χ1v) is 38.7. The minimum absolute atomic E-state index is 0. The minimum atomic E-state index is -6.09. The molecule has 0 aliphatic heterocycles. The number of carbonyl (C=O) groups excluding carboxylic acids is 4. The predicted octanol–water partition coefficient (Wildman–Crippen LogP) is 15.3. The molecule has 10 aromatic carbocycles. The Labute approximate surface area is 787 Å². The van der Waals surface area contributed by atoms with Gasteiger partial charge in [-0.3, -0.25) is 24.2 Å². The fourth-order valence-electron chi connectivity index (χ4n) is 10.5. The van der Waals surface area contributed by atoms with Gasteiger partial charge in [0.15, 0.2) is 10.1 Å². The number of fused-ring (bicyclic) bond motifs is 6. The van der Waals surface area contributed by atoms with Gasteiger partial charge in [-0.2, -0.15) is 13.2 Å². The van der Waals surface area contributed by atoms with Crippen LogP contribution in [0.5, 0.6) is 0 Å². The van der Waals surface area contributed by atoms with Gasteiger partial charge in [0.25, 0.3) is 6.47 Å². The number of halogens is 3. The second-order valence-corrected chi connectivity index (χ2v) is 31.3. The molecule has 0 fully saturated rings. The van der Waals surface area contributed by atoms with Crippen LogP contribution < -0.4 is 64.4 Å². The molecule has 24 heteroatoms. The smallest absolute Gasteiger partial charge is 1.00 e. The molecular weight excluding hydrogens is 1940 g/mol. The van der Waals surface area contributed by atoms with Gasteiger partial charge in [0.05, 0.1) is 23.6 Å². The van der Waals surface area contributed by atoms with Crippen LogP contribution in [0.1, 0.15) is 90.9 Å². The summed E-state index contributed by atoms with van der Waals surface area (Å²) < 4.78 is 58.9. The van der Waals surface area contributed by atoms with E-state index in [-0.39, 0.29) is 148 Å². The van der Waals surface area contributed by atoms with E-state index in [1.54, 1.807) is 12.4 Å². The molecule has 122 heavy (non-hydrogen) atoms. The Hall–Kier alpha value is -9.26. The molecule has 0 radical (unpaired) electrons. The second-order valence-electron chi connectivity index (χ2n) is 29.9. The predicted molar refractivity (Wildman–Crippen MR) is 469 cm³/mol. The number of aromatic nitrogens is 4. The van der Waals surface area contributed by atoms with Crippen molar-refractivity contribution in [3.63, 3.8) is 0 Å². The summed E-state index contributed by atoms with van der Waals surface area (Å²) in [6.45, 7) is 22.2. The number of aliphatic hydroxyl groups excluding tert-OH is 1. The summed E-state index contributed by atoms with van der Waals surface area (Å²) in [5, 5.41) is 39.4. The Bertz CT molecular complexity index is 5240. The normalized spacial score (nSPS) is 10.7. The first kappa shape index (κ1) is 111. The molecule has 4 heterocycles. The number of benzene rings is 10. The molecule has 14 aromatic rings. The van der Waals surface area contributed by atoms with Gasteiger partial charge in [0.2, 0.25) is 0 Å². The van der Waals surface area contributed by atoms with Crippen LogP contribution in [0.3, 0.4) is 0 Å². The summed E-state index contributed by atoms with van der Waals surface area (Å²) in [6.07, 6.45) is 8.89. The minimum Gasteiger partial charge on any atom is -3.00 e. The molecular formula is C98H102F3Ir2N4Na2O12S-7. The van der Waals surface area contributed by atoms with Gasteiger partial charge < -0.3 is 86.6 Å². The van der Waals surface area contributed by atoms with Gasteiger partial charge in [0.1, 0.15) is 31.5 Å². The van der Waals surface area contributed by atoms with Crippen molar-refractivity contribution < 1.29 is 172 Å². The fourth-order valence-corrected chi connectivity index (χ4v) is 10.5. The van der Waals surface area contributed by atoms with Crippen molar-refractivity contribution in [2.75, 3.05) is 14.2 Å². The van der Waals surface area contributed by atoms with Crippen molar-refractivity contribution in [1.29, 1.82) is 0 Å². The van der Waals surface area contributed by atoms with Crippen LogP contribution in [0.2, 0.25) is 0 Å². The van der Waals surface area contributed by atoms with Crippen molar-refractivity contribution in [3.05, 3.63) is 328 Å². The Morgan fingerprint density at radius 3 is 1.15 bits per heavy atom. The number of rotatable bonds is 10. The maximum absolute atomic E-state index is 11.5. The molecule has 0 aliphatic carbocycles. The average Bonchev–Trinajstić information content (AvgIpc) is 0.774. The number of hydrogen-bond donors (Lipinski definition) is 1. The van der Waals surface area contributed by atoms with Crippen LogP contribution in [-0.2, 0) is 69.6 Å². The number of nitrogens with zero attached hydrogens (tertiary/aromatic N) is 4. The Morgan fingerprint density at radius 1 is 0.434 bits per heavy atom. The Kier molecular flexibility index (Phi) is 49.4. The molecule has 14 rings (SSSR count). The van der Waals surface area contributed by atoms with Gasteiger partial charge in [-0.15, -0.1) is 102 Å². The number of ketones is 3. The summed E-state index contributed by atoms with van der Waals surface area (Å²) in [4.78, 5) is 61.6. The van der Waals surface area contributed by atoms with Crippen molar-refractivity contribution in [1.82, 2.24) is 19.9 Å². The third-order valence-electron chi connectivity index (χ3n) is 17.2. The molecule has 0 saturated carbocycles. The van der Waals surface area contributed by atoms with Gasteiger partial charge in [0, 0.05) is 52.0 Å². The van der Waals surface area contributed by atoms with Crippen LogP contribution in [-0.4, -0.2) is 96.6 Å². The number of carbonyl (C=O) groups is 3. The third kappa shape index (κ3) is 35.9. The Balaban J connectivity index is 0.00000143. The monoisotopic (exact) mass is 2050 g/mol. The number of pyridine rings is 4. The van der Waals surface area contributed by atoms with E-state index in [4.69, 9.17) is 33.2 Å². The topological polar surface area (TPSA) is 280 Å². The van der Waals surface area contributed by atoms with Gasteiger partial charge in [-0.1, -0.05) is 255 Å². The molecule has 0 aliphatic rings. The SMILES string of the molecule is CC(C)(C)C(=O)CC(=O)C(C)(C)C.CC(C)(C)C(=[OH+])C=C(O)C(C)(C)C.C[OH2+].C[OH2+].O=CO[O-].O=S(=O)([O-])C(F)(F)F.[H-].[Ir-3].[Ir-3].[Na+].[Na+].[c-]1cc(-c2ccccc2)ccc1-c1nccc2c1ccc1ccccc12.[c-]1ccccc1-c1ccccn1.[c-]1ccccc1-c1ccccn1.c1ccc(-c2ccc(-c3nccc4c3ccc3ccccc34)cc2)cc1. The largest absolute Gasteiger partial charge is 3.00 e. The molecule has 0 bridgehead atoms. The maximum Gasteiger partial charge on any atom is 1.00 e. The van der Waals surface area contributed by atoms with Crippen LogP contribution in [0.25, 0.3) is 110 Å². The summed E-state index contributed by atoms with van der Waals surface area (Å²) in [5.41, 5.74) is 5.96. The van der Waals surface area contributed by atoms with E-state index < -0.39 is 26.5 Å². The number of aliphatic hydroxyl groups is 1. The second kappa shape index (κ2) is 54.4. The molecule has 6 N–H and O–H groups in total. The summed E-state index contributed by atoms with van der Waals surface area (Å²) >= 11 is 0. The zero-order valence-electron chi connectivity index (χ0n) is 72.3. The molecule has 16 nitrogen and oxygen atoms in total. The van der Waals surface area contributed by atoms with E-state index in [2.05, 4.69) is 213 Å². The van der Waals surface area contributed by atoms with Crippen LogP contribution in [0.15, 0.2) is 310 Å². The molecule has 4 aromatic heterocycles. The number of hydrogen-bond acceptors (Lipinski definition) is 13. The van der Waals surface area contributed by atoms with Gasteiger partial charge >= 0.3 is 70.4 Å². The molecule has 0 amide bonds. The van der Waals surface area contributed by atoms with Gasteiger partial charge in [-0.05, 0) is 111 Å². The average molecular weight is 2050 g/mol. The maximum atomic E-state index is 11.5. The van der Waals surface area contributed by atoms with Crippen molar-refractivity contribution in [2.45, 2.75) is 95.0 Å². The molecule has 640 valence electrons. The third-order valence-corrected chi connectivity index (χ3v) is 17.8. The van der Waals surface area contributed by atoms with Crippen LogP contribution in [0, 0.1) is 39.9 Å². The van der Waals surface area contributed by atoms with Crippen molar-refractivity contribution >= 4 is 77.0 Å². The number of Topliss-reactive ketones (excluding diaryl/α,β-unsaturated/α-hetero) is 2. The molecule has 0 unspecified atom stereocenters.